The van der Waals surface area contributed by atoms with Crippen LogP contribution in [0.1, 0.15) is 35.5 Å². The molecule has 0 bridgehead atoms. The van der Waals surface area contributed by atoms with E-state index in [1.165, 1.54) is 16.9 Å². The molecule has 0 radical (unpaired) electrons. The van der Waals surface area contributed by atoms with Crippen LogP contribution in [0.25, 0.3) is 10.4 Å². The van der Waals surface area contributed by atoms with Gasteiger partial charge in [-0.2, -0.15) is 0 Å². The molecule has 0 saturated heterocycles. The predicted octanol–water partition coefficient (Wildman–Crippen LogP) is 3.92. The number of aldehydes is 1. The highest BCUT2D eigenvalue weighted by Crippen LogP contribution is 2.35. The average Bonchev–Trinajstić information content (AvgIpc) is 2.95. The second-order valence-corrected chi connectivity index (χ2v) is 6.56. The maximum atomic E-state index is 11.9. The first-order valence-electron chi connectivity index (χ1n) is 7.08. The molecule has 1 atom stereocenters. The molecule has 3 nitrogen and oxygen atoms in total. The van der Waals surface area contributed by atoms with E-state index in [9.17, 15) is 9.59 Å². The lowest BCUT2D eigenvalue weighted by atomic mass is 9.94. The standard InChI is InChI=1S/C17H17NO2S/c1-11-3-4-13-9-14(17-8-6-15(10-19)21-17)5-7-16(13)18(11)12(2)20/h5-11H,3-4H2,1-2H3. The van der Waals surface area contributed by atoms with E-state index < -0.39 is 0 Å². The molecule has 1 amide bonds. The van der Waals surface area contributed by atoms with E-state index in [1.54, 1.807) is 6.92 Å². The molecule has 0 saturated carbocycles. The highest BCUT2D eigenvalue weighted by Gasteiger charge is 2.26. The van der Waals surface area contributed by atoms with Gasteiger partial charge in [0.25, 0.3) is 0 Å². The molecule has 4 heteroatoms. The van der Waals surface area contributed by atoms with E-state index in [0.717, 1.165) is 40.1 Å². The zero-order valence-electron chi connectivity index (χ0n) is 12.1. The smallest absolute Gasteiger partial charge is 0.224 e. The van der Waals surface area contributed by atoms with Gasteiger partial charge in [-0.1, -0.05) is 6.07 Å². The lowest BCUT2D eigenvalue weighted by molar-refractivity contribution is -0.117. The van der Waals surface area contributed by atoms with Crippen LogP contribution in [0.5, 0.6) is 0 Å². The molecular formula is C17H17NO2S. The Morgan fingerprint density at radius 3 is 2.81 bits per heavy atom. The third-order valence-electron chi connectivity index (χ3n) is 3.98. The summed E-state index contributed by atoms with van der Waals surface area (Å²) in [6, 6.07) is 10.3. The van der Waals surface area contributed by atoms with Crippen molar-refractivity contribution in [2.24, 2.45) is 0 Å². The summed E-state index contributed by atoms with van der Waals surface area (Å²) in [6.07, 6.45) is 2.85. The van der Waals surface area contributed by atoms with Crippen LogP contribution in [0.3, 0.4) is 0 Å². The maximum Gasteiger partial charge on any atom is 0.224 e. The number of anilines is 1. The Hall–Kier alpha value is -1.94. The summed E-state index contributed by atoms with van der Waals surface area (Å²) in [6.45, 7) is 3.71. The molecule has 0 fully saturated rings. The second kappa shape index (κ2) is 5.45. The van der Waals surface area contributed by atoms with Crippen molar-refractivity contribution in [1.82, 2.24) is 0 Å². The van der Waals surface area contributed by atoms with Crippen molar-refractivity contribution in [1.29, 1.82) is 0 Å². The van der Waals surface area contributed by atoms with Gasteiger partial charge in [-0.15, -0.1) is 11.3 Å². The highest BCUT2D eigenvalue weighted by atomic mass is 32.1. The number of nitrogens with zero attached hydrogens (tertiary/aromatic N) is 1. The molecule has 3 rings (SSSR count). The number of aryl methyl sites for hydroxylation is 1. The summed E-state index contributed by atoms with van der Waals surface area (Å²) in [4.78, 5) is 26.4. The second-order valence-electron chi connectivity index (χ2n) is 5.44. The molecule has 1 aromatic heterocycles. The molecule has 0 spiro atoms. The summed E-state index contributed by atoms with van der Waals surface area (Å²) in [7, 11) is 0. The van der Waals surface area contributed by atoms with Crippen molar-refractivity contribution < 1.29 is 9.59 Å². The lowest BCUT2D eigenvalue weighted by Gasteiger charge is -2.34. The van der Waals surface area contributed by atoms with Gasteiger partial charge in [0.15, 0.2) is 6.29 Å². The monoisotopic (exact) mass is 299 g/mol. The van der Waals surface area contributed by atoms with Crippen molar-refractivity contribution in [3.8, 4) is 10.4 Å². The first-order valence-corrected chi connectivity index (χ1v) is 7.90. The minimum atomic E-state index is 0.0931. The molecule has 0 aliphatic carbocycles. The van der Waals surface area contributed by atoms with Crippen LogP contribution in [0.2, 0.25) is 0 Å². The first-order chi connectivity index (χ1) is 10.1. The Morgan fingerprint density at radius 1 is 1.33 bits per heavy atom. The van der Waals surface area contributed by atoms with Crippen LogP contribution < -0.4 is 4.90 Å². The zero-order chi connectivity index (χ0) is 15.0. The van der Waals surface area contributed by atoms with Crippen LogP contribution in [0, 0.1) is 0 Å². The van der Waals surface area contributed by atoms with Gasteiger partial charge in [0.1, 0.15) is 0 Å². The summed E-state index contributed by atoms with van der Waals surface area (Å²) >= 11 is 1.50. The highest BCUT2D eigenvalue weighted by molar-refractivity contribution is 7.17. The Balaban J connectivity index is 2.02. The van der Waals surface area contributed by atoms with Crippen LogP contribution in [0.4, 0.5) is 5.69 Å². The van der Waals surface area contributed by atoms with Crippen molar-refractivity contribution in [3.05, 3.63) is 40.8 Å². The lowest BCUT2D eigenvalue weighted by Crippen LogP contribution is -2.40. The number of hydrogen-bond acceptors (Lipinski definition) is 3. The van der Waals surface area contributed by atoms with Gasteiger partial charge in [0, 0.05) is 23.5 Å². The number of benzene rings is 1. The third kappa shape index (κ3) is 2.51. The average molecular weight is 299 g/mol. The summed E-state index contributed by atoms with van der Waals surface area (Å²) in [5.74, 6) is 0.0931. The normalized spacial score (nSPS) is 17.4. The molecule has 2 heterocycles. The third-order valence-corrected chi connectivity index (χ3v) is 5.04. The number of thiophene rings is 1. The summed E-state index contributed by atoms with van der Waals surface area (Å²) in [5, 5.41) is 0. The van der Waals surface area contributed by atoms with Gasteiger partial charge < -0.3 is 4.90 Å². The number of hydrogen-bond donors (Lipinski definition) is 0. The largest absolute Gasteiger partial charge is 0.310 e. The molecular weight excluding hydrogens is 282 g/mol. The van der Waals surface area contributed by atoms with Crippen molar-refractivity contribution in [2.75, 3.05) is 4.90 Å². The van der Waals surface area contributed by atoms with Gasteiger partial charge in [0.05, 0.1) is 4.88 Å². The Morgan fingerprint density at radius 2 is 2.14 bits per heavy atom. The molecule has 1 unspecified atom stereocenters. The topological polar surface area (TPSA) is 37.4 Å². The molecule has 1 aromatic carbocycles. The van der Waals surface area contributed by atoms with Crippen molar-refractivity contribution >= 4 is 29.2 Å². The zero-order valence-corrected chi connectivity index (χ0v) is 12.9. The quantitative estimate of drug-likeness (QED) is 0.788. The number of carbonyl (C=O) groups excluding carboxylic acids is 2. The van der Waals surface area contributed by atoms with Crippen LogP contribution in [-0.2, 0) is 11.2 Å². The number of rotatable bonds is 2. The molecule has 1 aliphatic rings. The molecule has 1 aliphatic heterocycles. The SMILES string of the molecule is CC(=O)N1c2ccc(-c3ccc(C=O)s3)cc2CCC1C. The van der Waals surface area contributed by atoms with E-state index in [2.05, 4.69) is 13.0 Å². The molecule has 21 heavy (non-hydrogen) atoms. The summed E-state index contributed by atoms with van der Waals surface area (Å²) < 4.78 is 0. The molecule has 108 valence electrons. The van der Waals surface area contributed by atoms with Gasteiger partial charge in [-0.25, -0.2) is 0 Å². The van der Waals surface area contributed by atoms with E-state index in [4.69, 9.17) is 0 Å². The van der Waals surface area contributed by atoms with Crippen LogP contribution in [-0.4, -0.2) is 18.2 Å². The number of fused-ring (bicyclic) bond motifs is 1. The van der Waals surface area contributed by atoms with E-state index >= 15 is 0 Å². The number of amides is 1. The Kier molecular flexibility index (Phi) is 3.64. The van der Waals surface area contributed by atoms with Gasteiger partial charge in [0.2, 0.25) is 5.91 Å². The van der Waals surface area contributed by atoms with Gasteiger partial charge in [-0.05, 0) is 55.2 Å². The fraction of sp³-hybridized carbons (Fsp3) is 0.294. The van der Waals surface area contributed by atoms with E-state index in [1.807, 2.05) is 29.2 Å². The molecule has 0 N–H and O–H groups in total. The van der Waals surface area contributed by atoms with Crippen LogP contribution >= 0.6 is 11.3 Å². The number of carbonyl (C=O) groups is 2. The van der Waals surface area contributed by atoms with E-state index in [-0.39, 0.29) is 11.9 Å². The minimum absolute atomic E-state index is 0.0931. The fourth-order valence-electron chi connectivity index (χ4n) is 2.96. The van der Waals surface area contributed by atoms with Crippen LogP contribution in [0.15, 0.2) is 30.3 Å². The first kappa shape index (κ1) is 14.0. The Bertz CT molecular complexity index is 705. The maximum absolute atomic E-state index is 11.9. The van der Waals surface area contributed by atoms with Crippen molar-refractivity contribution in [3.63, 3.8) is 0 Å². The molecule has 2 aromatic rings. The minimum Gasteiger partial charge on any atom is -0.310 e. The van der Waals surface area contributed by atoms with Crippen molar-refractivity contribution in [2.45, 2.75) is 32.7 Å². The van der Waals surface area contributed by atoms with Gasteiger partial charge >= 0.3 is 0 Å². The van der Waals surface area contributed by atoms with Gasteiger partial charge in [-0.3, -0.25) is 9.59 Å². The van der Waals surface area contributed by atoms with E-state index in [0.29, 0.717) is 0 Å². The predicted molar refractivity (Wildman–Crippen MR) is 86.1 cm³/mol. The fourth-order valence-corrected chi connectivity index (χ4v) is 3.78. The summed E-state index contributed by atoms with van der Waals surface area (Å²) in [5.41, 5.74) is 3.35. The Labute approximate surface area is 128 Å².